The molecule has 2 aromatic carbocycles. The molecule has 10 heteroatoms. The molecule has 2 aromatic heterocycles. The van der Waals surface area contributed by atoms with Crippen LogP contribution in [0.15, 0.2) is 24.3 Å². The number of H-pyrrole nitrogens is 1. The van der Waals surface area contributed by atoms with E-state index in [1.165, 1.54) is 12.6 Å². The van der Waals surface area contributed by atoms with Crippen LogP contribution >= 0.6 is 0 Å². The zero-order valence-electron chi connectivity index (χ0n) is 20.7. The number of fused-ring (bicyclic) bond motifs is 2. The fraction of sp³-hybridized carbons (Fsp3) is 0.400. The highest BCUT2D eigenvalue weighted by atomic mass is 16.5. The van der Waals surface area contributed by atoms with Gasteiger partial charge < -0.3 is 33.6 Å². The molecular formula is C25H30N6O4. The minimum Gasteiger partial charge on any atom is -0.494 e. The van der Waals surface area contributed by atoms with Gasteiger partial charge in [-0.1, -0.05) is 0 Å². The van der Waals surface area contributed by atoms with Crippen molar-refractivity contribution in [2.45, 2.75) is 13.5 Å². The Kier molecular flexibility index (Phi) is 5.98. The molecule has 1 aliphatic rings. The van der Waals surface area contributed by atoms with Gasteiger partial charge in [-0.15, -0.1) is 0 Å². The Hall–Kier alpha value is -3.79. The smallest absolute Gasteiger partial charge is 0.303 e. The number of piperazine rings is 1. The molecule has 3 heterocycles. The summed E-state index contributed by atoms with van der Waals surface area (Å²) < 4.78 is 18.6. The second-order valence-corrected chi connectivity index (χ2v) is 8.80. The number of ether oxygens (including phenoxy) is 3. The van der Waals surface area contributed by atoms with Gasteiger partial charge in [0.15, 0.2) is 5.75 Å². The molecule has 1 saturated heterocycles. The summed E-state index contributed by atoms with van der Waals surface area (Å²) >= 11 is 0. The Morgan fingerprint density at radius 2 is 1.83 bits per heavy atom. The maximum atomic E-state index is 11.3. The standard InChI is InChI=1S/C25H30N6O4/c1-15(32)35-14-21-28-22-23(30(21)3)20(33-4)13-17(24(22)34-5)25-26-18-7-6-16(12-19(18)27-25)31-10-8-29(2)9-11-31/h6-7,12-13H,8-11,14H2,1-5H3,(H,26,27). The Balaban J connectivity index is 1.59. The average molecular weight is 479 g/mol. The van der Waals surface area contributed by atoms with Crippen LogP contribution in [0.4, 0.5) is 5.69 Å². The third-order valence-electron chi connectivity index (χ3n) is 6.57. The summed E-state index contributed by atoms with van der Waals surface area (Å²) in [4.78, 5) is 29.1. The lowest BCUT2D eigenvalue weighted by atomic mass is 10.1. The summed E-state index contributed by atoms with van der Waals surface area (Å²) in [6.45, 7) is 5.53. The van der Waals surface area contributed by atoms with Gasteiger partial charge in [-0.3, -0.25) is 4.79 Å². The normalized spacial score (nSPS) is 14.6. The number of methoxy groups -OCH3 is 2. The van der Waals surface area contributed by atoms with Gasteiger partial charge >= 0.3 is 5.97 Å². The number of hydrogen-bond donors (Lipinski definition) is 1. The highest BCUT2D eigenvalue weighted by Crippen LogP contribution is 2.41. The molecule has 4 aromatic rings. The van der Waals surface area contributed by atoms with Gasteiger partial charge in [0.25, 0.3) is 0 Å². The number of carbonyl (C=O) groups excluding carboxylic acids is 1. The number of aryl methyl sites for hydroxylation is 1. The van der Waals surface area contributed by atoms with E-state index < -0.39 is 0 Å². The van der Waals surface area contributed by atoms with Crippen molar-refractivity contribution in [3.63, 3.8) is 0 Å². The molecule has 1 aliphatic heterocycles. The van der Waals surface area contributed by atoms with Gasteiger partial charge in [0.05, 0.1) is 30.8 Å². The molecule has 1 N–H and O–H groups in total. The minimum atomic E-state index is -0.366. The molecule has 0 aliphatic carbocycles. The van der Waals surface area contributed by atoms with Crippen LogP contribution in [0.3, 0.4) is 0 Å². The van der Waals surface area contributed by atoms with Gasteiger partial charge in [0.2, 0.25) is 0 Å². The lowest BCUT2D eigenvalue weighted by molar-refractivity contribution is -0.142. The number of aromatic nitrogens is 4. The van der Waals surface area contributed by atoms with E-state index in [2.05, 4.69) is 34.0 Å². The van der Waals surface area contributed by atoms with Crippen LogP contribution in [0.5, 0.6) is 11.5 Å². The van der Waals surface area contributed by atoms with Gasteiger partial charge in [-0.25, -0.2) is 9.97 Å². The summed E-state index contributed by atoms with van der Waals surface area (Å²) in [5.74, 6) is 2.09. The minimum absolute atomic E-state index is 0.0574. The van der Waals surface area contributed by atoms with Crippen molar-refractivity contribution >= 4 is 33.7 Å². The lowest BCUT2D eigenvalue weighted by Gasteiger charge is -2.34. The number of nitrogens with zero attached hydrogens (tertiary/aromatic N) is 5. The van der Waals surface area contributed by atoms with Crippen LogP contribution in [-0.4, -0.2) is 77.8 Å². The first-order chi connectivity index (χ1) is 16.9. The van der Waals surface area contributed by atoms with E-state index in [1.807, 2.05) is 23.7 Å². The second-order valence-electron chi connectivity index (χ2n) is 8.80. The van der Waals surface area contributed by atoms with Crippen molar-refractivity contribution in [3.05, 3.63) is 30.1 Å². The zero-order chi connectivity index (χ0) is 24.7. The van der Waals surface area contributed by atoms with Crippen LogP contribution in [0.1, 0.15) is 12.7 Å². The topological polar surface area (TPSA) is 97.7 Å². The number of nitrogens with one attached hydrogen (secondary N) is 1. The van der Waals surface area contributed by atoms with E-state index in [1.54, 1.807) is 14.2 Å². The monoisotopic (exact) mass is 478 g/mol. The van der Waals surface area contributed by atoms with Crippen LogP contribution in [0, 0.1) is 0 Å². The fourth-order valence-electron chi connectivity index (χ4n) is 4.60. The number of carbonyl (C=O) groups is 1. The van der Waals surface area contributed by atoms with Crippen molar-refractivity contribution in [3.8, 4) is 22.9 Å². The Morgan fingerprint density at radius 3 is 2.51 bits per heavy atom. The van der Waals surface area contributed by atoms with Gasteiger partial charge in [0, 0.05) is 45.8 Å². The van der Waals surface area contributed by atoms with E-state index in [0.717, 1.165) is 48.3 Å². The molecule has 0 radical (unpaired) electrons. The van der Waals surface area contributed by atoms with Gasteiger partial charge in [0.1, 0.15) is 35.0 Å². The number of rotatable bonds is 6. The first-order valence-electron chi connectivity index (χ1n) is 11.6. The fourth-order valence-corrected chi connectivity index (χ4v) is 4.60. The number of likely N-dealkylation sites (N-methyl/N-ethyl adjacent to an activating group) is 1. The highest BCUT2D eigenvalue weighted by molar-refractivity contribution is 5.96. The lowest BCUT2D eigenvalue weighted by Crippen LogP contribution is -2.44. The first kappa shape index (κ1) is 23.0. The third-order valence-corrected chi connectivity index (χ3v) is 6.57. The predicted octanol–water partition coefficient (Wildman–Crippen LogP) is 2.95. The van der Waals surface area contributed by atoms with Crippen molar-refractivity contribution in [2.75, 3.05) is 52.3 Å². The Morgan fingerprint density at radius 1 is 1.06 bits per heavy atom. The zero-order valence-corrected chi connectivity index (χ0v) is 20.7. The molecule has 0 unspecified atom stereocenters. The predicted molar refractivity (Wildman–Crippen MR) is 134 cm³/mol. The maximum Gasteiger partial charge on any atom is 0.303 e. The van der Waals surface area contributed by atoms with E-state index in [-0.39, 0.29) is 12.6 Å². The molecule has 1 fully saturated rings. The Bertz CT molecular complexity index is 1400. The van der Waals surface area contributed by atoms with Gasteiger partial charge in [-0.05, 0) is 31.3 Å². The summed E-state index contributed by atoms with van der Waals surface area (Å²) in [6.07, 6.45) is 0. The number of esters is 1. The van der Waals surface area contributed by atoms with Crippen molar-refractivity contribution in [1.82, 2.24) is 24.4 Å². The molecule has 0 bridgehead atoms. The molecule has 0 saturated carbocycles. The van der Waals surface area contributed by atoms with Crippen LogP contribution in [-0.2, 0) is 23.2 Å². The molecule has 0 atom stereocenters. The summed E-state index contributed by atoms with van der Waals surface area (Å²) in [5.41, 5.74) is 5.12. The number of benzene rings is 2. The molecular weight excluding hydrogens is 448 g/mol. The molecule has 35 heavy (non-hydrogen) atoms. The first-order valence-corrected chi connectivity index (χ1v) is 11.6. The number of anilines is 1. The largest absolute Gasteiger partial charge is 0.494 e. The summed E-state index contributed by atoms with van der Waals surface area (Å²) in [7, 11) is 7.24. The van der Waals surface area contributed by atoms with E-state index in [9.17, 15) is 4.79 Å². The molecule has 10 nitrogen and oxygen atoms in total. The second kappa shape index (κ2) is 9.10. The summed E-state index contributed by atoms with van der Waals surface area (Å²) in [6, 6.07) is 8.22. The van der Waals surface area contributed by atoms with Crippen LogP contribution < -0.4 is 14.4 Å². The molecule has 0 spiro atoms. The number of imidazole rings is 2. The highest BCUT2D eigenvalue weighted by Gasteiger charge is 2.23. The van der Waals surface area contributed by atoms with Crippen molar-refractivity contribution in [1.29, 1.82) is 0 Å². The number of aromatic amines is 1. The Labute approximate surface area is 203 Å². The van der Waals surface area contributed by atoms with Crippen LogP contribution in [0.2, 0.25) is 0 Å². The molecule has 0 amide bonds. The molecule has 5 rings (SSSR count). The van der Waals surface area contributed by atoms with E-state index in [4.69, 9.17) is 24.2 Å². The van der Waals surface area contributed by atoms with Crippen molar-refractivity contribution < 1.29 is 19.0 Å². The van der Waals surface area contributed by atoms with E-state index >= 15 is 0 Å². The SMILES string of the molecule is COc1c(-c2nc3ccc(N4CCN(C)CC4)cc3[nH]2)cc(OC)c2c1nc(COC(C)=O)n2C. The average Bonchev–Trinajstić information content (AvgIpc) is 3.43. The molecule has 184 valence electrons. The van der Waals surface area contributed by atoms with E-state index in [0.29, 0.717) is 28.7 Å². The number of hydrogen-bond acceptors (Lipinski definition) is 8. The summed E-state index contributed by atoms with van der Waals surface area (Å²) in [5, 5.41) is 0. The third kappa shape index (κ3) is 4.14. The maximum absolute atomic E-state index is 11.3. The quantitative estimate of drug-likeness (QED) is 0.423. The van der Waals surface area contributed by atoms with Crippen LogP contribution in [0.25, 0.3) is 33.5 Å². The van der Waals surface area contributed by atoms with Crippen molar-refractivity contribution in [2.24, 2.45) is 7.05 Å². The van der Waals surface area contributed by atoms with Gasteiger partial charge in [-0.2, -0.15) is 0 Å².